The summed E-state index contributed by atoms with van der Waals surface area (Å²) in [5.41, 5.74) is 2.60. The summed E-state index contributed by atoms with van der Waals surface area (Å²) in [6.45, 7) is 0. The standard InChI is InChI=1S/C13H7FN4/c14-10-4-9(6-16-7-10)13-17-11-2-1-8(5-15)3-12(11)18-13/h1-4,6-7H,(H,17,18). The molecule has 0 saturated heterocycles. The van der Waals surface area contributed by atoms with Gasteiger partial charge in [-0.3, -0.25) is 4.98 Å². The Kier molecular flexibility index (Phi) is 2.27. The average molecular weight is 238 g/mol. The molecule has 1 aromatic carbocycles. The Morgan fingerprint density at radius 3 is 2.89 bits per heavy atom. The number of rotatable bonds is 1. The molecule has 0 bridgehead atoms. The summed E-state index contributed by atoms with van der Waals surface area (Å²) in [6.07, 6.45) is 2.67. The minimum atomic E-state index is -0.411. The van der Waals surface area contributed by atoms with E-state index in [4.69, 9.17) is 5.26 Å². The second-order valence-electron chi connectivity index (χ2n) is 3.82. The summed E-state index contributed by atoms with van der Waals surface area (Å²) in [6, 6.07) is 8.56. The van der Waals surface area contributed by atoms with E-state index in [0.717, 1.165) is 17.2 Å². The number of H-pyrrole nitrogens is 1. The van der Waals surface area contributed by atoms with Crippen LogP contribution in [0.2, 0.25) is 0 Å². The van der Waals surface area contributed by atoms with Crippen molar-refractivity contribution < 1.29 is 4.39 Å². The third-order valence-corrected chi connectivity index (χ3v) is 2.59. The fourth-order valence-corrected chi connectivity index (χ4v) is 1.76. The van der Waals surface area contributed by atoms with Crippen molar-refractivity contribution in [1.29, 1.82) is 5.26 Å². The van der Waals surface area contributed by atoms with Gasteiger partial charge in [0.15, 0.2) is 0 Å². The summed E-state index contributed by atoms with van der Waals surface area (Å²) in [4.78, 5) is 11.1. The SMILES string of the molecule is N#Cc1ccc2nc(-c3cncc(F)c3)[nH]c2c1. The van der Waals surface area contributed by atoms with Crippen molar-refractivity contribution >= 4 is 11.0 Å². The van der Waals surface area contributed by atoms with Gasteiger partial charge >= 0.3 is 0 Å². The molecule has 0 saturated carbocycles. The molecule has 0 spiro atoms. The summed E-state index contributed by atoms with van der Waals surface area (Å²) < 4.78 is 13.1. The van der Waals surface area contributed by atoms with E-state index in [1.807, 2.05) is 0 Å². The van der Waals surface area contributed by atoms with Crippen LogP contribution in [0.4, 0.5) is 4.39 Å². The van der Waals surface area contributed by atoms with Gasteiger partial charge in [-0.15, -0.1) is 0 Å². The number of benzene rings is 1. The Hall–Kier alpha value is -2.74. The van der Waals surface area contributed by atoms with E-state index in [-0.39, 0.29) is 0 Å². The first kappa shape index (κ1) is 10.4. The minimum Gasteiger partial charge on any atom is -0.338 e. The highest BCUT2D eigenvalue weighted by Gasteiger charge is 2.07. The van der Waals surface area contributed by atoms with Gasteiger partial charge in [0.25, 0.3) is 0 Å². The van der Waals surface area contributed by atoms with E-state index >= 15 is 0 Å². The second-order valence-corrected chi connectivity index (χ2v) is 3.82. The van der Waals surface area contributed by atoms with Gasteiger partial charge in [0.2, 0.25) is 0 Å². The molecule has 86 valence electrons. The predicted molar refractivity (Wildman–Crippen MR) is 64.0 cm³/mol. The van der Waals surface area contributed by atoms with E-state index in [9.17, 15) is 4.39 Å². The van der Waals surface area contributed by atoms with Gasteiger partial charge < -0.3 is 4.98 Å². The second kappa shape index (κ2) is 3.93. The molecule has 0 aliphatic heterocycles. The molecular formula is C13H7FN4. The highest BCUT2D eigenvalue weighted by molar-refractivity contribution is 5.80. The minimum absolute atomic E-state index is 0.411. The van der Waals surface area contributed by atoms with Crippen molar-refractivity contribution in [3.8, 4) is 17.5 Å². The van der Waals surface area contributed by atoms with Crippen LogP contribution in [0.5, 0.6) is 0 Å². The predicted octanol–water partition coefficient (Wildman–Crippen LogP) is 2.64. The van der Waals surface area contributed by atoms with Gasteiger partial charge in [0, 0.05) is 11.8 Å². The zero-order valence-corrected chi connectivity index (χ0v) is 9.18. The fourth-order valence-electron chi connectivity index (χ4n) is 1.76. The molecule has 0 unspecified atom stereocenters. The van der Waals surface area contributed by atoms with Gasteiger partial charge in [0.1, 0.15) is 11.6 Å². The molecule has 2 aromatic heterocycles. The molecule has 0 atom stereocenters. The van der Waals surface area contributed by atoms with Crippen molar-refractivity contribution in [1.82, 2.24) is 15.0 Å². The van der Waals surface area contributed by atoms with Gasteiger partial charge in [-0.05, 0) is 24.3 Å². The molecule has 0 amide bonds. The lowest BCUT2D eigenvalue weighted by Crippen LogP contribution is -1.84. The molecule has 4 nitrogen and oxygen atoms in total. The molecule has 0 aliphatic rings. The molecule has 3 rings (SSSR count). The van der Waals surface area contributed by atoms with Crippen molar-refractivity contribution in [2.75, 3.05) is 0 Å². The van der Waals surface area contributed by atoms with Crippen LogP contribution in [0.15, 0.2) is 36.7 Å². The Morgan fingerprint density at radius 1 is 1.22 bits per heavy atom. The van der Waals surface area contributed by atoms with Crippen molar-refractivity contribution in [2.24, 2.45) is 0 Å². The highest BCUT2D eigenvalue weighted by atomic mass is 19.1. The van der Waals surface area contributed by atoms with Crippen LogP contribution in [0.3, 0.4) is 0 Å². The van der Waals surface area contributed by atoms with Crippen molar-refractivity contribution in [2.45, 2.75) is 0 Å². The number of nitriles is 1. The number of fused-ring (bicyclic) bond motifs is 1. The third kappa shape index (κ3) is 1.70. The number of nitrogens with zero attached hydrogens (tertiary/aromatic N) is 3. The maximum Gasteiger partial charge on any atom is 0.142 e. The first-order valence-corrected chi connectivity index (χ1v) is 5.27. The topological polar surface area (TPSA) is 65.4 Å². The van der Waals surface area contributed by atoms with E-state index in [0.29, 0.717) is 17.0 Å². The average Bonchev–Trinajstić information content (AvgIpc) is 2.81. The highest BCUT2D eigenvalue weighted by Crippen LogP contribution is 2.20. The van der Waals surface area contributed by atoms with Gasteiger partial charge in [-0.1, -0.05) is 0 Å². The van der Waals surface area contributed by atoms with Crippen LogP contribution in [-0.4, -0.2) is 15.0 Å². The maximum absolute atomic E-state index is 13.1. The summed E-state index contributed by atoms with van der Waals surface area (Å²) in [5.74, 6) is 0.123. The molecule has 2 heterocycles. The molecule has 1 N–H and O–H groups in total. The Labute approximate surface area is 102 Å². The molecule has 3 aromatic rings. The first-order chi connectivity index (χ1) is 8.76. The Balaban J connectivity index is 2.17. The first-order valence-electron chi connectivity index (χ1n) is 5.27. The lowest BCUT2D eigenvalue weighted by molar-refractivity contribution is 0.622. The van der Waals surface area contributed by atoms with E-state index < -0.39 is 5.82 Å². The largest absolute Gasteiger partial charge is 0.338 e. The van der Waals surface area contributed by atoms with Gasteiger partial charge in [-0.2, -0.15) is 5.26 Å². The van der Waals surface area contributed by atoms with Crippen LogP contribution >= 0.6 is 0 Å². The number of nitrogens with one attached hydrogen (secondary N) is 1. The molecule has 18 heavy (non-hydrogen) atoms. The quantitative estimate of drug-likeness (QED) is 0.708. The number of halogens is 1. The lowest BCUT2D eigenvalue weighted by atomic mass is 10.2. The Bertz CT molecular complexity index is 770. The fraction of sp³-hybridized carbons (Fsp3) is 0. The smallest absolute Gasteiger partial charge is 0.142 e. The summed E-state index contributed by atoms with van der Waals surface area (Å²) in [5, 5.41) is 8.81. The van der Waals surface area contributed by atoms with E-state index in [2.05, 4.69) is 21.0 Å². The van der Waals surface area contributed by atoms with E-state index in [1.54, 1.807) is 18.2 Å². The Morgan fingerprint density at radius 2 is 2.11 bits per heavy atom. The molecule has 0 fully saturated rings. The number of hydrogen-bond donors (Lipinski definition) is 1. The third-order valence-electron chi connectivity index (χ3n) is 2.59. The molecular weight excluding hydrogens is 231 g/mol. The normalized spacial score (nSPS) is 10.4. The summed E-state index contributed by atoms with van der Waals surface area (Å²) in [7, 11) is 0. The van der Waals surface area contributed by atoms with Crippen molar-refractivity contribution in [3.63, 3.8) is 0 Å². The molecule has 5 heteroatoms. The number of aromatic amines is 1. The monoisotopic (exact) mass is 238 g/mol. The number of pyridine rings is 1. The van der Waals surface area contributed by atoms with Crippen LogP contribution < -0.4 is 0 Å². The van der Waals surface area contributed by atoms with Crippen LogP contribution in [0.25, 0.3) is 22.4 Å². The molecule has 0 radical (unpaired) electrons. The number of imidazole rings is 1. The van der Waals surface area contributed by atoms with Crippen LogP contribution in [-0.2, 0) is 0 Å². The van der Waals surface area contributed by atoms with Crippen LogP contribution in [0.1, 0.15) is 5.56 Å². The van der Waals surface area contributed by atoms with Gasteiger partial charge in [-0.25, -0.2) is 9.37 Å². The van der Waals surface area contributed by atoms with Crippen molar-refractivity contribution in [3.05, 3.63) is 48.0 Å². The molecule has 0 aliphatic carbocycles. The zero-order valence-electron chi connectivity index (χ0n) is 9.18. The van der Waals surface area contributed by atoms with E-state index in [1.165, 1.54) is 12.3 Å². The maximum atomic E-state index is 13.1. The lowest BCUT2D eigenvalue weighted by Gasteiger charge is -1.94. The number of aromatic nitrogens is 3. The van der Waals surface area contributed by atoms with Crippen LogP contribution in [0, 0.1) is 17.1 Å². The summed E-state index contributed by atoms with van der Waals surface area (Å²) >= 11 is 0. The number of hydrogen-bond acceptors (Lipinski definition) is 3. The van der Waals surface area contributed by atoms with Gasteiger partial charge in [0.05, 0.1) is 28.9 Å². The zero-order chi connectivity index (χ0) is 12.5.